The number of carbonyl (C=O) groups is 1. The second-order valence-corrected chi connectivity index (χ2v) is 3.62. The summed E-state index contributed by atoms with van der Waals surface area (Å²) in [7, 11) is 0. The van der Waals surface area contributed by atoms with Crippen LogP contribution in [0.1, 0.15) is 19.8 Å². The van der Waals surface area contributed by atoms with Gasteiger partial charge in [0.2, 0.25) is 0 Å². The van der Waals surface area contributed by atoms with Crippen LogP contribution in [0.4, 0.5) is 0 Å². The lowest BCUT2D eigenvalue weighted by atomic mass is 9.72. The van der Waals surface area contributed by atoms with E-state index in [1.807, 2.05) is 6.92 Å². The van der Waals surface area contributed by atoms with Crippen LogP contribution in [0.15, 0.2) is 12.2 Å². The Morgan fingerprint density at radius 1 is 1.64 bits per heavy atom. The predicted molar refractivity (Wildman–Crippen MR) is 40.9 cm³/mol. The highest BCUT2D eigenvalue weighted by molar-refractivity contribution is 5.79. The maximum Gasteiger partial charge on any atom is 0.312 e. The van der Waals surface area contributed by atoms with Gasteiger partial charge in [-0.05, 0) is 19.8 Å². The fraction of sp³-hybridized carbons (Fsp3) is 0.667. The third kappa shape index (κ3) is 0.817. The van der Waals surface area contributed by atoms with E-state index >= 15 is 0 Å². The number of carbonyl (C=O) groups excluding carboxylic acids is 1. The van der Waals surface area contributed by atoms with Crippen LogP contribution >= 0.6 is 0 Å². The standard InChI is InChI=1S/C9H12O2/c1-9-5-3-2-4-7(9)6-11-8(9)10/h2-3,7H,4-6H2,1H3. The van der Waals surface area contributed by atoms with Crippen molar-refractivity contribution in [2.24, 2.45) is 11.3 Å². The highest BCUT2D eigenvalue weighted by Crippen LogP contribution is 2.43. The van der Waals surface area contributed by atoms with Gasteiger partial charge in [-0.2, -0.15) is 0 Å². The molecular formula is C9H12O2. The van der Waals surface area contributed by atoms with E-state index in [2.05, 4.69) is 12.2 Å². The van der Waals surface area contributed by atoms with Crippen LogP contribution in [0, 0.1) is 11.3 Å². The summed E-state index contributed by atoms with van der Waals surface area (Å²) in [6.07, 6.45) is 6.09. The SMILES string of the molecule is CC12CC=CCC1COC2=O. The molecule has 2 rings (SSSR count). The Morgan fingerprint density at radius 2 is 2.45 bits per heavy atom. The van der Waals surface area contributed by atoms with Crippen molar-refractivity contribution in [3.05, 3.63) is 12.2 Å². The molecule has 1 heterocycles. The molecule has 2 nitrogen and oxygen atoms in total. The maximum atomic E-state index is 11.3. The lowest BCUT2D eigenvalue weighted by Gasteiger charge is -2.27. The fourth-order valence-corrected chi connectivity index (χ4v) is 1.86. The average Bonchev–Trinajstić information content (AvgIpc) is 2.29. The number of hydrogen-bond donors (Lipinski definition) is 0. The third-order valence-electron chi connectivity index (χ3n) is 2.91. The first kappa shape index (κ1) is 6.89. The van der Waals surface area contributed by atoms with Crippen LogP contribution in [-0.2, 0) is 9.53 Å². The van der Waals surface area contributed by atoms with Crippen molar-refractivity contribution in [3.63, 3.8) is 0 Å². The average molecular weight is 152 g/mol. The van der Waals surface area contributed by atoms with Crippen molar-refractivity contribution in [2.45, 2.75) is 19.8 Å². The molecule has 1 aliphatic heterocycles. The highest BCUT2D eigenvalue weighted by Gasteiger charge is 2.48. The van der Waals surface area contributed by atoms with Crippen LogP contribution in [-0.4, -0.2) is 12.6 Å². The van der Waals surface area contributed by atoms with Crippen molar-refractivity contribution >= 4 is 5.97 Å². The van der Waals surface area contributed by atoms with Crippen molar-refractivity contribution in [3.8, 4) is 0 Å². The largest absolute Gasteiger partial charge is 0.465 e. The monoisotopic (exact) mass is 152 g/mol. The summed E-state index contributed by atoms with van der Waals surface area (Å²) in [5.41, 5.74) is -0.200. The second-order valence-electron chi connectivity index (χ2n) is 3.62. The summed E-state index contributed by atoms with van der Waals surface area (Å²) in [4.78, 5) is 11.3. The smallest absolute Gasteiger partial charge is 0.312 e. The molecule has 0 amide bonds. The minimum Gasteiger partial charge on any atom is -0.465 e. The van der Waals surface area contributed by atoms with Gasteiger partial charge < -0.3 is 4.74 Å². The zero-order chi connectivity index (χ0) is 7.90. The van der Waals surface area contributed by atoms with Gasteiger partial charge in [-0.25, -0.2) is 0 Å². The van der Waals surface area contributed by atoms with Crippen LogP contribution < -0.4 is 0 Å². The van der Waals surface area contributed by atoms with Crippen LogP contribution in [0.2, 0.25) is 0 Å². The third-order valence-corrected chi connectivity index (χ3v) is 2.91. The lowest BCUT2D eigenvalue weighted by Crippen LogP contribution is -2.30. The molecule has 0 bridgehead atoms. The molecule has 1 fully saturated rings. The van der Waals surface area contributed by atoms with Gasteiger partial charge in [0.15, 0.2) is 0 Å². The summed E-state index contributed by atoms with van der Waals surface area (Å²) in [6, 6.07) is 0. The molecule has 0 saturated carbocycles. The van der Waals surface area contributed by atoms with Gasteiger partial charge >= 0.3 is 5.97 Å². The Kier molecular flexibility index (Phi) is 1.31. The van der Waals surface area contributed by atoms with E-state index in [9.17, 15) is 4.79 Å². The van der Waals surface area contributed by atoms with Gasteiger partial charge in [-0.3, -0.25) is 4.79 Å². The molecule has 0 aromatic heterocycles. The first-order chi connectivity index (χ1) is 5.23. The molecule has 0 aromatic rings. The van der Waals surface area contributed by atoms with Crippen molar-refractivity contribution in [1.82, 2.24) is 0 Å². The van der Waals surface area contributed by atoms with E-state index in [0.717, 1.165) is 12.8 Å². The molecule has 2 unspecified atom stereocenters. The Bertz CT molecular complexity index is 220. The molecule has 0 radical (unpaired) electrons. The fourth-order valence-electron chi connectivity index (χ4n) is 1.86. The molecule has 60 valence electrons. The molecule has 0 N–H and O–H groups in total. The molecular weight excluding hydrogens is 140 g/mol. The number of esters is 1. The summed E-state index contributed by atoms with van der Waals surface area (Å²) in [6.45, 7) is 2.64. The van der Waals surface area contributed by atoms with Gasteiger partial charge in [0, 0.05) is 5.92 Å². The predicted octanol–water partition coefficient (Wildman–Crippen LogP) is 1.52. The van der Waals surface area contributed by atoms with Gasteiger partial charge in [-0.15, -0.1) is 0 Å². The minimum absolute atomic E-state index is 0.00755. The molecule has 0 aromatic carbocycles. The van der Waals surface area contributed by atoms with E-state index < -0.39 is 0 Å². The lowest BCUT2D eigenvalue weighted by molar-refractivity contribution is -0.145. The number of fused-ring (bicyclic) bond motifs is 1. The number of allylic oxidation sites excluding steroid dienone is 2. The van der Waals surface area contributed by atoms with E-state index in [1.165, 1.54) is 0 Å². The number of rotatable bonds is 0. The minimum atomic E-state index is -0.200. The summed E-state index contributed by atoms with van der Waals surface area (Å²) < 4.78 is 5.02. The first-order valence-corrected chi connectivity index (χ1v) is 4.06. The molecule has 1 aliphatic carbocycles. The summed E-state index contributed by atoms with van der Waals surface area (Å²) in [5.74, 6) is 0.423. The first-order valence-electron chi connectivity index (χ1n) is 4.06. The Labute approximate surface area is 66.2 Å². The topological polar surface area (TPSA) is 26.3 Å². The molecule has 1 saturated heterocycles. The molecule has 2 aliphatic rings. The molecule has 11 heavy (non-hydrogen) atoms. The van der Waals surface area contributed by atoms with Gasteiger partial charge in [-0.1, -0.05) is 12.2 Å². The highest BCUT2D eigenvalue weighted by atomic mass is 16.5. The Morgan fingerprint density at radius 3 is 3.18 bits per heavy atom. The number of cyclic esters (lactones) is 1. The van der Waals surface area contributed by atoms with E-state index in [4.69, 9.17) is 4.74 Å². The van der Waals surface area contributed by atoms with E-state index in [1.54, 1.807) is 0 Å². The van der Waals surface area contributed by atoms with Gasteiger partial charge in [0.25, 0.3) is 0 Å². The summed E-state index contributed by atoms with van der Waals surface area (Å²) in [5, 5.41) is 0. The second kappa shape index (κ2) is 2.10. The zero-order valence-electron chi connectivity index (χ0n) is 6.67. The molecule has 2 heteroatoms. The summed E-state index contributed by atoms with van der Waals surface area (Å²) >= 11 is 0. The van der Waals surface area contributed by atoms with Gasteiger partial charge in [0.1, 0.15) is 0 Å². The van der Waals surface area contributed by atoms with E-state index in [-0.39, 0.29) is 11.4 Å². The number of hydrogen-bond acceptors (Lipinski definition) is 2. The quantitative estimate of drug-likeness (QED) is 0.388. The molecule has 0 spiro atoms. The number of ether oxygens (including phenoxy) is 1. The van der Waals surface area contributed by atoms with Crippen molar-refractivity contribution in [1.29, 1.82) is 0 Å². The Hall–Kier alpha value is -0.790. The zero-order valence-corrected chi connectivity index (χ0v) is 6.67. The van der Waals surface area contributed by atoms with E-state index in [0.29, 0.717) is 12.5 Å². The van der Waals surface area contributed by atoms with Gasteiger partial charge in [0.05, 0.1) is 12.0 Å². The van der Waals surface area contributed by atoms with Crippen molar-refractivity contribution < 1.29 is 9.53 Å². The van der Waals surface area contributed by atoms with Crippen molar-refractivity contribution in [2.75, 3.05) is 6.61 Å². The maximum absolute atomic E-state index is 11.3. The normalized spacial score (nSPS) is 41.9. The van der Waals surface area contributed by atoms with Crippen LogP contribution in [0.5, 0.6) is 0 Å². The Balaban J connectivity index is 2.31. The molecule has 2 atom stereocenters. The van der Waals surface area contributed by atoms with Crippen LogP contribution in [0.3, 0.4) is 0 Å². The van der Waals surface area contributed by atoms with Crippen LogP contribution in [0.25, 0.3) is 0 Å².